The summed E-state index contributed by atoms with van der Waals surface area (Å²) >= 11 is 0. The number of carbonyl (C=O) groups excluding carboxylic acids is 1. The maximum absolute atomic E-state index is 12.2. The highest BCUT2D eigenvalue weighted by Gasteiger charge is 2.36. The summed E-state index contributed by atoms with van der Waals surface area (Å²) in [6.45, 7) is 14.1. The van der Waals surface area contributed by atoms with Crippen molar-refractivity contribution in [3.63, 3.8) is 0 Å². The second kappa shape index (κ2) is 7.17. The molecule has 3 heteroatoms. The van der Waals surface area contributed by atoms with Gasteiger partial charge in [0, 0.05) is 11.5 Å². The number of amides is 1. The molecule has 1 rings (SSSR count). The molecule has 1 aliphatic rings. The molecule has 0 radical (unpaired) electrons. The number of carbonyl (C=O) groups is 1. The zero-order chi connectivity index (χ0) is 17.0. The van der Waals surface area contributed by atoms with Crippen LogP contribution in [0.25, 0.3) is 0 Å². The third kappa shape index (κ3) is 5.70. The SMILES string of the molecule is CC(C)=C[C@@H](C)[C@H](NC(=O)OC(C)(C)C)C1(C)C=CC=CC1. The summed E-state index contributed by atoms with van der Waals surface area (Å²) in [5.74, 6) is 0.221. The van der Waals surface area contributed by atoms with E-state index in [2.05, 4.69) is 63.4 Å². The quantitative estimate of drug-likeness (QED) is 0.742. The van der Waals surface area contributed by atoms with Crippen molar-refractivity contribution >= 4 is 6.09 Å². The molecule has 124 valence electrons. The third-order valence-electron chi connectivity index (χ3n) is 3.79. The van der Waals surface area contributed by atoms with Gasteiger partial charge in [0.1, 0.15) is 5.60 Å². The third-order valence-corrected chi connectivity index (χ3v) is 3.79. The second-order valence-electron chi connectivity index (χ2n) is 7.72. The minimum Gasteiger partial charge on any atom is -0.444 e. The van der Waals surface area contributed by atoms with Crippen molar-refractivity contribution in [2.75, 3.05) is 0 Å². The molecule has 1 amide bonds. The summed E-state index contributed by atoms with van der Waals surface area (Å²) in [7, 11) is 0. The molecule has 0 aromatic rings. The van der Waals surface area contributed by atoms with E-state index in [0.717, 1.165) is 6.42 Å². The lowest BCUT2D eigenvalue weighted by Gasteiger charge is -2.39. The number of hydrogen-bond donors (Lipinski definition) is 1. The molecule has 1 unspecified atom stereocenters. The van der Waals surface area contributed by atoms with Crippen molar-refractivity contribution in [3.05, 3.63) is 36.0 Å². The number of rotatable bonds is 4. The van der Waals surface area contributed by atoms with Gasteiger partial charge in [0.05, 0.1) is 0 Å². The smallest absolute Gasteiger partial charge is 0.407 e. The van der Waals surface area contributed by atoms with Gasteiger partial charge in [-0.2, -0.15) is 0 Å². The Balaban J connectivity index is 2.97. The van der Waals surface area contributed by atoms with E-state index in [-0.39, 0.29) is 23.5 Å². The van der Waals surface area contributed by atoms with Gasteiger partial charge in [0.2, 0.25) is 0 Å². The lowest BCUT2D eigenvalue weighted by atomic mass is 9.72. The summed E-state index contributed by atoms with van der Waals surface area (Å²) in [5, 5.41) is 3.10. The van der Waals surface area contributed by atoms with E-state index >= 15 is 0 Å². The molecule has 0 aliphatic heterocycles. The number of allylic oxidation sites excluding steroid dienone is 4. The highest BCUT2D eigenvalue weighted by molar-refractivity contribution is 5.68. The van der Waals surface area contributed by atoms with Crippen molar-refractivity contribution in [1.29, 1.82) is 0 Å². The molecule has 0 heterocycles. The Morgan fingerprint density at radius 1 is 1.32 bits per heavy atom. The number of alkyl carbamates (subject to hydrolysis) is 1. The minimum atomic E-state index is -0.488. The first-order valence-electron chi connectivity index (χ1n) is 8.02. The van der Waals surface area contributed by atoms with Crippen molar-refractivity contribution in [2.24, 2.45) is 11.3 Å². The second-order valence-corrected chi connectivity index (χ2v) is 7.72. The van der Waals surface area contributed by atoms with Gasteiger partial charge in [0.15, 0.2) is 0 Å². The van der Waals surface area contributed by atoms with Gasteiger partial charge < -0.3 is 10.1 Å². The fraction of sp³-hybridized carbons (Fsp3) is 0.632. The first-order valence-corrected chi connectivity index (χ1v) is 8.02. The van der Waals surface area contributed by atoms with E-state index in [1.165, 1.54) is 5.57 Å². The van der Waals surface area contributed by atoms with Gasteiger partial charge in [-0.3, -0.25) is 0 Å². The fourth-order valence-electron chi connectivity index (χ4n) is 2.93. The summed E-state index contributed by atoms with van der Waals surface area (Å²) in [5.41, 5.74) is 0.650. The number of hydrogen-bond acceptors (Lipinski definition) is 2. The van der Waals surface area contributed by atoms with E-state index in [1.54, 1.807) is 0 Å². The average Bonchev–Trinajstić information content (AvgIpc) is 2.33. The molecule has 0 aromatic carbocycles. The van der Waals surface area contributed by atoms with E-state index in [4.69, 9.17) is 4.74 Å². The molecule has 0 aromatic heterocycles. The molecule has 3 nitrogen and oxygen atoms in total. The predicted octanol–water partition coefficient (Wildman–Crippen LogP) is 5.00. The number of nitrogens with one attached hydrogen (secondary N) is 1. The topological polar surface area (TPSA) is 38.3 Å². The van der Waals surface area contributed by atoms with Gasteiger partial charge in [-0.05, 0) is 47.0 Å². The first-order chi connectivity index (χ1) is 10.0. The van der Waals surface area contributed by atoms with E-state index in [0.29, 0.717) is 0 Å². The van der Waals surface area contributed by atoms with Gasteiger partial charge in [-0.1, -0.05) is 49.8 Å². The van der Waals surface area contributed by atoms with Crippen LogP contribution >= 0.6 is 0 Å². The van der Waals surface area contributed by atoms with Crippen LogP contribution in [-0.2, 0) is 4.74 Å². The van der Waals surface area contributed by atoms with E-state index in [9.17, 15) is 4.79 Å². The maximum Gasteiger partial charge on any atom is 0.407 e. The van der Waals surface area contributed by atoms with Gasteiger partial charge in [-0.25, -0.2) is 4.79 Å². The molecule has 3 atom stereocenters. The molecule has 0 saturated heterocycles. The van der Waals surface area contributed by atoms with Crippen molar-refractivity contribution < 1.29 is 9.53 Å². The van der Waals surface area contributed by atoms with Crippen LogP contribution < -0.4 is 5.32 Å². The highest BCUT2D eigenvalue weighted by Crippen LogP contribution is 2.35. The molecular formula is C19H31NO2. The van der Waals surface area contributed by atoms with Crippen LogP contribution in [0.4, 0.5) is 4.79 Å². The van der Waals surface area contributed by atoms with Gasteiger partial charge in [0.25, 0.3) is 0 Å². The van der Waals surface area contributed by atoms with Crippen LogP contribution in [0.3, 0.4) is 0 Å². The lowest BCUT2D eigenvalue weighted by molar-refractivity contribution is 0.0449. The Morgan fingerprint density at radius 3 is 2.41 bits per heavy atom. The Morgan fingerprint density at radius 2 is 1.95 bits per heavy atom. The molecule has 0 saturated carbocycles. The molecule has 1 N–H and O–H groups in total. The van der Waals surface area contributed by atoms with Gasteiger partial charge in [-0.15, -0.1) is 0 Å². The van der Waals surface area contributed by atoms with Crippen molar-refractivity contribution in [3.8, 4) is 0 Å². The summed E-state index contributed by atoms with van der Waals surface area (Å²) in [6.07, 6.45) is 11.2. The number of ether oxygens (including phenoxy) is 1. The standard InChI is InChI=1S/C19H31NO2/c1-14(2)13-15(3)16(19(7)11-9-8-10-12-19)20-17(21)22-18(4,5)6/h8-11,13,15-16H,12H2,1-7H3,(H,20,21)/t15-,16+,19?/m1/s1. The summed E-state index contributed by atoms with van der Waals surface area (Å²) in [4.78, 5) is 12.2. The van der Waals surface area contributed by atoms with Crippen molar-refractivity contribution in [1.82, 2.24) is 5.32 Å². The monoisotopic (exact) mass is 305 g/mol. The van der Waals surface area contributed by atoms with Crippen LogP contribution in [0.5, 0.6) is 0 Å². The summed E-state index contributed by atoms with van der Waals surface area (Å²) in [6, 6.07) is -0.0153. The first kappa shape index (κ1) is 18.5. The van der Waals surface area contributed by atoms with Crippen LogP contribution in [-0.4, -0.2) is 17.7 Å². The maximum atomic E-state index is 12.2. The van der Waals surface area contributed by atoms with E-state index < -0.39 is 5.60 Å². The average molecular weight is 305 g/mol. The van der Waals surface area contributed by atoms with E-state index in [1.807, 2.05) is 20.8 Å². The van der Waals surface area contributed by atoms with Gasteiger partial charge >= 0.3 is 6.09 Å². The zero-order valence-electron chi connectivity index (χ0n) is 15.1. The van der Waals surface area contributed by atoms with Crippen molar-refractivity contribution in [2.45, 2.75) is 66.5 Å². The Hall–Kier alpha value is -1.51. The fourth-order valence-corrected chi connectivity index (χ4v) is 2.93. The lowest BCUT2D eigenvalue weighted by Crippen LogP contribution is -2.50. The minimum absolute atomic E-state index is 0.0153. The normalized spacial score (nSPS) is 23.6. The Bertz CT molecular complexity index is 478. The molecular weight excluding hydrogens is 274 g/mol. The zero-order valence-corrected chi connectivity index (χ0v) is 15.1. The molecule has 0 spiro atoms. The van der Waals surface area contributed by atoms with Crippen LogP contribution in [0.15, 0.2) is 36.0 Å². The van der Waals surface area contributed by atoms with Crippen LogP contribution in [0.1, 0.15) is 54.9 Å². The largest absolute Gasteiger partial charge is 0.444 e. The molecule has 22 heavy (non-hydrogen) atoms. The molecule has 1 aliphatic carbocycles. The van der Waals surface area contributed by atoms with Crippen LogP contribution in [0.2, 0.25) is 0 Å². The Kier molecular flexibility index (Phi) is 6.04. The van der Waals surface area contributed by atoms with Crippen LogP contribution in [0, 0.1) is 11.3 Å². The molecule has 0 bridgehead atoms. The molecule has 0 fully saturated rings. The highest BCUT2D eigenvalue weighted by atomic mass is 16.6. The summed E-state index contributed by atoms with van der Waals surface area (Å²) < 4.78 is 5.45. The predicted molar refractivity (Wildman–Crippen MR) is 92.8 cm³/mol. The Labute approximate surface area is 135 Å².